The van der Waals surface area contributed by atoms with Crippen LogP contribution in [0.4, 0.5) is 0 Å². The molecule has 0 aliphatic heterocycles. The smallest absolute Gasteiger partial charge is 0.321 e. The van der Waals surface area contributed by atoms with Crippen molar-refractivity contribution in [1.29, 1.82) is 0 Å². The number of nitrogens with one attached hydrogen (secondary N) is 1. The number of carboxylic acids is 1. The summed E-state index contributed by atoms with van der Waals surface area (Å²) in [6, 6.07) is 3.60. The Kier molecular flexibility index (Phi) is 11.7. The van der Waals surface area contributed by atoms with Gasteiger partial charge in [0.2, 0.25) is 0 Å². The molecule has 0 bridgehead atoms. The second-order valence-corrected chi connectivity index (χ2v) is 8.99. The second kappa shape index (κ2) is 13.7. The van der Waals surface area contributed by atoms with Gasteiger partial charge in [-0.1, -0.05) is 47.6 Å². The fourth-order valence-corrected chi connectivity index (χ4v) is 2.61. The number of esters is 3. The van der Waals surface area contributed by atoms with E-state index in [1.54, 1.807) is 47.6 Å². The number of carbonyl (C=O) groups is 4. The molecule has 0 saturated heterocycles. The number of carbonyl (C=O) groups excluding carboxylic acids is 3. The summed E-state index contributed by atoms with van der Waals surface area (Å²) in [5, 5.41) is 12.6. The molecule has 3 atom stereocenters. The van der Waals surface area contributed by atoms with Crippen molar-refractivity contribution >= 4 is 23.9 Å². The third-order valence-corrected chi connectivity index (χ3v) is 5.09. The van der Waals surface area contributed by atoms with Crippen LogP contribution in [0.3, 0.4) is 0 Å². The molecular weight excluding hydrogens is 442 g/mol. The lowest BCUT2D eigenvalue weighted by Crippen LogP contribution is -2.43. The highest BCUT2D eigenvalue weighted by atomic mass is 16.6. The van der Waals surface area contributed by atoms with Crippen molar-refractivity contribution in [3.8, 4) is 11.5 Å². The third kappa shape index (κ3) is 9.51. The number of ether oxygens (including phenoxy) is 3. The van der Waals surface area contributed by atoms with Crippen LogP contribution in [0.15, 0.2) is 18.2 Å². The zero-order valence-corrected chi connectivity index (χ0v) is 21.0. The SMILES string of the molecule is CCC(C)C(=O)OC(C)CN[C@@H](Cc1ccc(OC(=O)C(C)C)c(OC(=O)C(C)C)c1)C(=O)O. The fourth-order valence-electron chi connectivity index (χ4n) is 2.61. The summed E-state index contributed by atoms with van der Waals surface area (Å²) in [5.74, 6) is -3.30. The van der Waals surface area contributed by atoms with Gasteiger partial charge in [-0.05, 0) is 37.5 Å². The van der Waals surface area contributed by atoms with Crippen LogP contribution in [0, 0.1) is 17.8 Å². The zero-order chi connectivity index (χ0) is 26.0. The maximum Gasteiger partial charge on any atom is 0.321 e. The summed E-state index contributed by atoms with van der Waals surface area (Å²) in [7, 11) is 0. The molecule has 2 unspecified atom stereocenters. The van der Waals surface area contributed by atoms with Crippen LogP contribution in [0.2, 0.25) is 0 Å². The Morgan fingerprint density at radius 1 is 0.882 bits per heavy atom. The molecule has 0 aliphatic carbocycles. The minimum absolute atomic E-state index is 0.0465. The van der Waals surface area contributed by atoms with E-state index in [1.165, 1.54) is 12.1 Å². The number of carboxylic acid groups (broad SMARTS) is 1. The van der Waals surface area contributed by atoms with Gasteiger partial charge in [-0.2, -0.15) is 0 Å². The Balaban J connectivity index is 2.99. The van der Waals surface area contributed by atoms with E-state index in [4.69, 9.17) is 14.2 Å². The molecular formula is C25H37NO8. The summed E-state index contributed by atoms with van der Waals surface area (Å²) < 4.78 is 16.1. The lowest BCUT2D eigenvalue weighted by Gasteiger charge is -2.20. The Morgan fingerprint density at radius 3 is 1.94 bits per heavy atom. The van der Waals surface area contributed by atoms with Crippen LogP contribution in [-0.4, -0.2) is 47.7 Å². The summed E-state index contributed by atoms with van der Waals surface area (Å²) in [5.41, 5.74) is 0.556. The van der Waals surface area contributed by atoms with Gasteiger partial charge in [0.05, 0.1) is 17.8 Å². The highest BCUT2D eigenvalue weighted by Gasteiger charge is 2.23. The van der Waals surface area contributed by atoms with Crippen LogP contribution in [0.25, 0.3) is 0 Å². The van der Waals surface area contributed by atoms with Gasteiger partial charge in [0.15, 0.2) is 11.5 Å². The molecule has 0 aromatic heterocycles. The molecule has 1 aromatic rings. The number of rotatable bonds is 13. The van der Waals surface area contributed by atoms with Gasteiger partial charge in [-0.3, -0.25) is 19.2 Å². The van der Waals surface area contributed by atoms with E-state index in [-0.39, 0.29) is 42.3 Å². The highest BCUT2D eigenvalue weighted by molar-refractivity contribution is 5.78. The van der Waals surface area contributed by atoms with E-state index in [0.29, 0.717) is 12.0 Å². The summed E-state index contributed by atoms with van der Waals surface area (Å²) >= 11 is 0. The summed E-state index contributed by atoms with van der Waals surface area (Å²) in [6.45, 7) is 12.2. The molecule has 0 fully saturated rings. The molecule has 2 N–H and O–H groups in total. The minimum atomic E-state index is -1.09. The van der Waals surface area contributed by atoms with E-state index in [2.05, 4.69) is 5.32 Å². The first kappa shape index (κ1) is 29.1. The molecule has 1 aromatic carbocycles. The number of hydrogen-bond donors (Lipinski definition) is 2. The molecule has 190 valence electrons. The average Bonchev–Trinajstić information content (AvgIpc) is 2.76. The van der Waals surface area contributed by atoms with Gasteiger partial charge >= 0.3 is 23.9 Å². The lowest BCUT2D eigenvalue weighted by molar-refractivity contribution is -0.152. The normalized spacial score (nSPS) is 13.8. The van der Waals surface area contributed by atoms with Gasteiger partial charge in [0, 0.05) is 6.54 Å². The van der Waals surface area contributed by atoms with E-state index >= 15 is 0 Å². The maximum atomic E-state index is 12.2. The highest BCUT2D eigenvalue weighted by Crippen LogP contribution is 2.30. The van der Waals surface area contributed by atoms with Crippen LogP contribution in [0.1, 0.15) is 60.5 Å². The van der Waals surface area contributed by atoms with Crippen molar-refractivity contribution in [2.24, 2.45) is 17.8 Å². The molecule has 0 amide bonds. The molecule has 1 rings (SSSR count). The first-order valence-electron chi connectivity index (χ1n) is 11.6. The molecule has 0 heterocycles. The molecule has 0 aliphatic rings. The van der Waals surface area contributed by atoms with Crippen molar-refractivity contribution in [2.45, 2.75) is 73.5 Å². The van der Waals surface area contributed by atoms with Crippen molar-refractivity contribution < 1.29 is 38.5 Å². The maximum absolute atomic E-state index is 12.2. The Hall–Kier alpha value is -2.94. The molecule has 9 heteroatoms. The third-order valence-electron chi connectivity index (χ3n) is 5.09. The van der Waals surface area contributed by atoms with Crippen molar-refractivity contribution in [2.75, 3.05) is 6.54 Å². The minimum Gasteiger partial charge on any atom is -0.480 e. The first-order valence-corrected chi connectivity index (χ1v) is 11.6. The van der Waals surface area contributed by atoms with Gasteiger partial charge in [-0.25, -0.2) is 0 Å². The predicted octanol–water partition coefficient (Wildman–Crippen LogP) is 3.37. The average molecular weight is 480 g/mol. The van der Waals surface area contributed by atoms with Crippen LogP contribution >= 0.6 is 0 Å². The Labute approximate surface area is 201 Å². The van der Waals surface area contributed by atoms with E-state index in [1.807, 2.05) is 6.92 Å². The standard InChI is InChI=1S/C25H37NO8/c1-8-16(6)25(31)32-17(7)13-26-19(22(27)28)11-18-9-10-20(33-23(29)14(2)3)21(12-18)34-24(30)15(4)5/h9-10,12,14-17,19,26H,8,11,13H2,1-7H3,(H,27,28)/t16?,17?,19-/m0/s1. The lowest BCUT2D eigenvalue weighted by atomic mass is 10.0. The molecule has 9 nitrogen and oxygen atoms in total. The van der Waals surface area contributed by atoms with Gasteiger partial charge < -0.3 is 24.6 Å². The fraction of sp³-hybridized carbons (Fsp3) is 0.600. The largest absolute Gasteiger partial charge is 0.480 e. The number of benzene rings is 1. The van der Waals surface area contributed by atoms with E-state index in [9.17, 15) is 24.3 Å². The van der Waals surface area contributed by atoms with Gasteiger partial charge in [0.25, 0.3) is 0 Å². The van der Waals surface area contributed by atoms with Crippen molar-refractivity contribution in [3.05, 3.63) is 23.8 Å². The Morgan fingerprint density at radius 2 is 1.44 bits per heavy atom. The molecule has 0 saturated carbocycles. The van der Waals surface area contributed by atoms with Crippen LogP contribution in [0.5, 0.6) is 11.5 Å². The summed E-state index contributed by atoms with van der Waals surface area (Å²) in [6.07, 6.45) is 0.207. The molecule has 34 heavy (non-hydrogen) atoms. The van der Waals surface area contributed by atoms with Crippen molar-refractivity contribution in [1.82, 2.24) is 5.32 Å². The van der Waals surface area contributed by atoms with E-state index < -0.39 is 36.0 Å². The zero-order valence-electron chi connectivity index (χ0n) is 21.0. The summed E-state index contributed by atoms with van der Waals surface area (Å²) in [4.78, 5) is 47.9. The van der Waals surface area contributed by atoms with Gasteiger partial charge in [0.1, 0.15) is 12.1 Å². The topological polar surface area (TPSA) is 128 Å². The van der Waals surface area contributed by atoms with Crippen LogP contribution in [-0.2, 0) is 30.3 Å². The number of hydrogen-bond acceptors (Lipinski definition) is 8. The second-order valence-electron chi connectivity index (χ2n) is 8.99. The monoisotopic (exact) mass is 479 g/mol. The van der Waals surface area contributed by atoms with Gasteiger partial charge in [-0.15, -0.1) is 0 Å². The van der Waals surface area contributed by atoms with E-state index in [0.717, 1.165) is 0 Å². The molecule has 0 radical (unpaired) electrons. The van der Waals surface area contributed by atoms with Crippen LogP contribution < -0.4 is 14.8 Å². The first-order chi connectivity index (χ1) is 15.8. The quantitative estimate of drug-likeness (QED) is 0.323. The predicted molar refractivity (Wildman–Crippen MR) is 126 cm³/mol. The Bertz CT molecular complexity index is 864. The van der Waals surface area contributed by atoms with Crippen molar-refractivity contribution in [3.63, 3.8) is 0 Å². The number of aliphatic carboxylic acids is 1. The molecule has 0 spiro atoms.